The molecule has 0 aliphatic rings. The van der Waals surface area contributed by atoms with Crippen LogP contribution in [0.25, 0.3) is 0 Å². The zero-order chi connectivity index (χ0) is 10.2. The van der Waals surface area contributed by atoms with E-state index < -0.39 is 5.41 Å². The quantitative estimate of drug-likeness (QED) is 0.602. The largest absolute Gasteiger partial charge is 0.228 e. The van der Waals surface area contributed by atoms with Crippen LogP contribution >= 0.6 is 0 Å². The Balaban J connectivity index is 4.05. The summed E-state index contributed by atoms with van der Waals surface area (Å²) in [7, 11) is 0. The first kappa shape index (κ1) is 11.0. The Bertz CT molecular complexity index is 281. The lowest BCUT2D eigenvalue weighted by Crippen LogP contribution is -2.12. The maximum absolute atomic E-state index is 8.57. The van der Waals surface area contributed by atoms with Crippen LogP contribution in [0.1, 0.15) is 25.7 Å². The molecule has 0 aromatic carbocycles. The number of rotatable bonds is 4. The van der Waals surface area contributed by atoms with Crippen LogP contribution in [-0.4, -0.2) is 0 Å². The normalized spacial score (nSPS) is 8.92. The molecule has 0 heterocycles. The Kier molecular flexibility index (Phi) is 4.71. The minimum atomic E-state index is -1.52. The van der Waals surface area contributed by atoms with Gasteiger partial charge in [-0.1, -0.05) is 0 Å². The van der Waals surface area contributed by atoms with Gasteiger partial charge in [-0.05, 0) is 19.3 Å². The minimum absolute atomic E-state index is 0.220. The van der Waals surface area contributed by atoms with Crippen LogP contribution < -0.4 is 0 Å². The minimum Gasteiger partial charge on any atom is -0.198 e. The van der Waals surface area contributed by atoms with E-state index in [4.69, 9.17) is 21.0 Å². The molecule has 0 fully saturated rings. The van der Waals surface area contributed by atoms with Crippen molar-refractivity contribution in [2.45, 2.75) is 25.7 Å². The van der Waals surface area contributed by atoms with Crippen molar-refractivity contribution in [3.63, 3.8) is 0 Å². The van der Waals surface area contributed by atoms with Crippen molar-refractivity contribution < 1.29 is 0 Å². The monoisotopic (exact) mass is 172 g/mol. The van der Waals surface area contributed by atoms with Crippen molar-refractivity contribution in [2.75, 3.05) is 0 Å². The molecular weight excluding hydrogens is 164 g/mol. The Hall–Kier alpha value is -2.04. The Morgan fingerprint density at radius 1 is 0.846 bits per heavy atom. The van der Waals surface area contributed by atoms with Crippen molar-refractivity contribution in [3.8, 4) is 24.3 Å². The lowest BCUT2D eigenvalue weighted by Gasteiger charge is -2.06. The van der Waals surface area contributed by atoms with Gasteiger partial charge in [-0.25, -0.2) is 0 Å². The smallest absolute Gasteiger partial charge is 0.198 e. The summed E-state index contributed by atoms with van der Waals surface area (Å²) in [6.45, 7) is 0. The zero-order valence-electron chi connectivity index (χ0n) is 7.12. The summed E-state index contributed by atoms with van der Waals surface area (Å²) >= 11 is 0. The van der Waals surface area contributed by atoms with E-state index in [2.05, 4.69) is 0 Å². The third-order valence-corrected chi connectivity index (χ3v) is 1.66. The molecule has 4 nitrogen and oxygen atoms in total. The Morgan fingerprint density at radius 3 is 1.77 bits per heavy atom. The van der Waals surface area contributed by atoms with Crippen LogP contribution in [0.4, 0.5) is 0 Å². The van der Waals surface area contributed by atoms with Gasteiger partial charge in [0.25, 0.3) is 0 Å². The van der Waals surface area contributed by atoms with E-state index in [9.17, 15) is 0 Å². The summed E-state index contributed by atoms with van der Waals surface area (Å²) in [5.41, 5.74) is -1.52. The molecule has 0 aliphatic heterocycles. The fraction of sp³-hybridized carbons (Fsp3) is 0.556. The van der Waals surface area contributed by atoms with Crippen molar-refractivity contribution in [3.05, 3.63) is 0 Å². The standard InChI is InChI=1S/C9H8N4/c10-5-3-1-2-4-9(6-11,7-12)8-13/h1-4H2. The van der Waals surface area contributed by atoms with Gasteiger partial charge in [0.15, 0.2) is 0 Å². The molecular formula is C9H8N4. The molecule has 0 unspecified atom stereocenters. The van der Waals surface area contributed by atoms with Crippen molar-refractivity contribution in [2.24, 2.45) is 5.41 Å². The topological polar surface area (TPSA) is 95.2 Å². The van der Waals surface area contributed by atoms with E-state index in [0.717, 1.165) is 0 Å². The van der Waals surface area contributed by atoms with E-state index in [1.165, 1.54) is 0 Å². The van der Waals surface area contributed by atoms with Gasteiger partial charge in [-0.15, -0.1) is 0 Å². The molecule has 0 bridgehead atoms. The number of hydrogen-bond acceptors (Lipinski definition) is 4. The van der Waals surface area contributed by atoms with Gasteiger partial charge in [0, 0.05) is 6.42 Å². The van der Waals surface area contributed by atoms with Crippen LogP contribution in [0.5, 0.6) is 0 Å². The summed E-state index contributed by atoms with van der Waals surface area (Å²) in [5.74, 6) is 0. The molecule has 0 rings (SSSR count). The molecule has 0 atom stereocenters. The molecule has 13 heavy (non-hydrogen) atoms. The summed E-state index contributed by atoms with van der Waals surface area (Å²) in [6, 6.07) is 7.02. The van der Waals surface area contributed by atoms with Crippen molar-refractivity contribution in [1.82, 2.24) is 0 Å². The fourth-order valence-corrected chi connectivity index (χ4v) is 0.837. The summed E-state index contributed by atoms with van der Waals surface area (Å²) < 4.78 is 0. The highest BCUT2D eigenvalue weighted by Gasteiger charge is 2.28. The number of unbranched alkanes of at least 4 members (excludes halogenated alkanes) is 2. The van der Waals surface area contributed by atoms with Crippen molar-refractivity contribution >= 4 is 0 Å². The average molecular weight is 172 g/mol. The number of hydrogen-bond donors (Lipinski definition) is 0. The van der Waals surface area contributed by atoms with Crippen LogP contribution in [0, 0.1) is 50.7 Å². The van der Waals surface area contributed by atoms with Gasteiger partial charge in [0.05, 0.1) is 6.07 Å². The second kappa shape index (κ2) is 5.59. The van der Waals surface area contributed by atoms with Gasteiger partial charge in [0.1, 0.15) is 18.2 Å². The van der Waals surface area contributed by atoms with Gasteiger partial charge in [0.2, 0.25) is 5.41 Å². The third kappa shape index (κ3) is 3.24. The van der Waals surface area contributed by atoms with Crippen LogP contribution in [0.3, 0.4) is 0 Å². The molecule has 0 aromatic rings. The molecule has 0 N–H and O–H groups in total. The average Bonchev–Trinajstić information content (AvgIpc) is 2.20. The van der Waals surface area contributed by atoms with Crippen molar-refractivity contribution in [1.29, 1.82) is 21.0 Å². The van der Waals surface area contributed by atoms with E-state index in [1.54, 1.807) is 18.2 Å². The van der Waals surface area contributed by atoms with Gasteiger partial charge in [-0.2, -0.15) is 21.0 Å². The predicted molar refractivity (Wildman–Crippen MR) is 43.4 cm³/mol. The highest BCUT2D eigenvalue weighted by Crippen LogP contribution is 2.21. The lowest BCUT2D eigenvalue weighted by atomic mass is 9.87. The van der Waals surface area contributed by atoms with E-state index in [-0.39, 0.29) is 6.42 Å². The SMILES string of the molecule is N#CCCCCC(C#N)(C#N)C#N. The van der Waals surface area contributed by atoms with E-state index in [0.29, 0.717) is 19.3 Å². The summed E-state index contributed by atoms with van der Waals surface area (Å²) in [6.07, 6.45) is 1.81. The van der Waals surface area contributed by atoms with E-state index in [1.807, 2.05) is 6.07 Å². The number of nitrogens with zero attached hydrogens (tertiary/aromatic N) is 4. The number of nitriles is 4. The Morgan fingerprint density at radius 2 is 1.38 bits per heavy atom. The predicted octanol–water partition coefficient (Wildman–Crippen LogP) is 1.63. The molecule has 0 radical (unpaired) electrons. The van der Waals surface area contributed by atoms with E-state index >= 15 is 0 Å². The molecule has 0 saturated carbocycles. The second-order valence-electron chi connectivity index (χ2n) is 2.61. The van der Waals surface area contributed by atoms with Crippen LogP contribution in [-0.2, 0) is 0 Å². The summed E-state index contributed by atoms with van der Waals surface area (Å²) in [5, 5.41) is 33.9. The molecule has 0 saturated heterocycles. The highest BCUT2D eigenvalue weighted by atomic mass is 14.4. The maximum atomic E-state index is 8.57. The van der Waals surface area contributed by atoms with Crippen LogP contribution in [0.15, 0.2) is 0 Å². The second-order valence-corrected chi connectivity index (χ2v) is 2.61. The first-order chi connectivity index (χ1) is 6.24. The first-order valence-electron chi connectivity index (χ1n) is 3.85. The fourth-order valence-electron chi connectivity index (χ4n) is 0.837. The molecule has 0 spiro atoms. The van der Waals surface area contributed by atoms with Gasteiger partial charge >= 0.3 is 0 Å². The lowest BCUT2D eigenvalue weighted by molar-refractivity contribution is 0.554. The molecule has 4 heteroatoms. The van der Waals surface area contributed by atoms with Gasteiger partial charge < -0.3 is 0 Å². The summed E-state index contributed by atoms with van der Waals surface area (Å²) in [4.78, 5) is 0. The highest BCUT2D eigenvalue weighted by molar-refractivity contribution is 5.25. The van der Waals surface area contributed by atoms with Crippen LogP contribution in [0.2, 0.25) is 0 Å². The molecule has 0 amide bonds. The molecule has 64 valence electrons. The Labute approximate surface area is 77.2 Å². The molecule has 0 aliphatic carbocycles. The molecule has 0 aromatic heterocycles. The maximum Gasteiger partial charge on any atom is 0.228 e. The zero-order valence-corrected chi connectivity index (χ0v) is 7.12. The first-order valence-corrected chi connectivity index (χ1v) is 3.85. The third-order valence-electron chi connectivity index (χ3n) is 1.66. The van der Waals surface area contributed by atoms with Gasteiger partial charge in [-0.3, -0.25) is 0 Å².